The van der Waals surface area contributed by atoms with Gasteiger partial charge in [0.1, 0.15) is 18.0 Å². The van der Waals surface area contributed by atoms with E-state index in [1.807, 2.05) is 6.92 Å². The normalized spacial score (nSPS) is 10.9. The number of aryl methyl sites for hydroxylation is 1. The first-order chi connectivity index (χ1) is 9.74. The Bertz CT molecular complexity index is 595. The molecule has 0 fully saturated rings. The van der Waals surface area contributed by atoms with Gasteiger partial charge in [-0.15, -0.1) is 0 Å². The number of oxime groups is 1. The van der Waals surface area contributed by atoms with Gasteiger partial charge in [0.05, 0.1) is 12.8 Å². The quantitative estimate of drug-likeness (QED) is 0.494. The minimum Gasteiger partial charge on any atom is -0.490 e. The highest BCUT2D eigenvalue weighted by Gasteiger charge is 2.10. The molecule has 2 rings (SSSR count). The monoisotopic (exact) mass is 277 g/mol. The topological polar surface area (TPSA) is 90.0 Å². The van der Waals surface area contributed by atoms with Crippen LogP contribution in [0.5, 0.6) is 11.5 Å². The van der Waals surface area contributed by atoms with Gasteiger partial charge < -0.3 is 14.7 Å². The van der Waals surface area contributed by atoms with E-state index in [0.717, 1.165) is 0 Å². The first-order valence-electron chi connectivity index (χ1n) is 6.09. The highest BCUT2D eigenvalue weighted by Crippen LogP contribution is 2.28. The van der Waals surface area contributed by atoms with Gasteiger partial charge in [0, 0.05) is 5.56 Å². The molecule has 1 aromatic heterocycles. The van der Waals surface area contributed by atoms with Gasteiger partial charge in [-0.2, -0.15) is 0 Å². The molecule has 0 spiro atoms. The van der Waals surface area contributed by atoms with Gasteiger partial charge in [-0.25, -0.2) is 4.63 Å². The third kappa shape index (κ3) is 3.25. The zero-order valence-electron chi connectivity index (χ0n) is 11.2. The molecule has 0 unspecified atom stereocenters. The lowest BCUT2D eigenvalue weighted by Crippen LogP contribution is -2.01. The summed E-state index contributed by atoms with van der Waals surface area (Å²) < 4.78 is 15.8. The van der Waals surface area contributed by atoms with E-state index >= 15 is 0 Å². The Morgan fingerprint density at radius 1 is 1.30 bits per heavy atom. The average molecular weight is 277 g/mol. The van der Waals surface area contributed by atoms with Crippen molar-refractivity contribution in [2.24, 2.45) is 5.16 Å². The van der Waals surface area contributed by atoms with Crippen LogP contribution in [0.3, 0.4) is 0 Å². The molecule has 0 atom stereocenters. The van der Waals surface area contributed by atoms with Gasteiger partial charge in [-0.05, 0) is 32.0 Å². The minimum absolute atomic E-state index is 0.239. The Balaban J connectivity index is 2.15. The van der Waals surface area contributed by atoms with Crippen LogP contribution >= 0.6 is 0 Å². The average Bonchev–Trinajstić information content (AvgIpc) is 2.84. The molecule has 0 radical (unpaired) electrons. The fourth-order valence-corrected chi connectivity index (χ4v) is 1.59. The highest BCUT2D eigenvalue weighted by atomic mass is 16.6. The van der Waals surface area contributed by atoms with E-state index in [4.69, 9.17) is 14.7 Å². The summed E-state index contributed by atoms with van der Waals surface area (Å²) in [6.07, 6.45) is 1.32. The summed E-state index contributed by atoms with van der Waals surface area (Å²) >= 11 is 0. The van der Waals surface area contributed by atoms with Crippen molar-refractivity contribution in [1.29, 1.82) is 0 Å². The molecule has 1 N–H and O–H groups in total. The lowest BCUT2D eigenvalue weighted by Gasteiger charge is -2.11. The third-order valence-corrected chi connectivity index (χ3v) is 2.59. The van der Waals surface area contributed by atoms with E-state index in [2.05, 4.69) is 20.1 Å². The molecule has 1 aromatic carbocycles. The molecule has 7 nitrogen and oxygen atoms in total. The van der Waals surface area contributed by atoms with E-state index in [-0.39, 0.29) is 6.61 Å². The Labute approximate surface area is 115 Å². The lowest BCUT2D eigenvalue weighted by atomic mass is 10.2. The van der Waals surface area contributed by atoms with Crippen LogP contribution in [-0.2, 0) is 6.61 Å². The predicted molar refractivity (Wildman–Crippen MR) is 70.4 cm³/mol. The van der Waals surface area contributed by atoms with Gasteiger partial charge in [-0.1, -0.05) is 15.5 Å². The first-order valence-corrected chi connectivity index (χ1v) is 6.09. The maximum atomic E-state index is 8.54. The number of rotatable bonds is 6. The summed E-state index contributed by atoms with van der Waals surface area (Å²) in [5, 5.41) is 19.0. The van der Waals surface area contributed by atoms with Crippen LogP contribution in [-0.4, -0.2) is 28.3 Å². The Hall–Kier alpha value is -2.57. The third-order valence-electron chi connectivity index (χ3n) is 2.59. The molecular formula is C13H15N3O4. The maximum Gasteiger partial charge on any atom is 0.161 e. The molecular weight excluding hydrogens is 262 g/mol. The molecule has 0 aliphatic rings. The van der Waals surface area contributed by atoms with E-state index in [1.165, 1.54) is 6.21 Å². The van der Waals surface area contributed by atoms with Crippen molar-refractivity contribution in [3.63, 3.8) is 0 Å². The van der Waals surface area contributed by atoms with E-state index in [0.29, 0.717) is 35.1 Å². The van der Waals surface area contributed by atoms with Crippen LogP contribution in [0.25, 0.3) is 0 Å². The van der Waals surface area contributed by atoms with Crippen LogP contribution in [0.1, 0.15) is 23.9 Å². The van der Waals surface area contributed by atoms with Gasteiger partial charge >= 0.3 is 0 Å². The van der Waals surface area contributed by atoms with Crippen LogP contribution < -0.4 is 9.47 Å². The van der Waals surface area contributed by atoms with Crippen LogP contribution in [0, 0.1) is 6.92 Å². The fourth-order valence-electron chi connectivity index (χ4n) is 1.59. The molecule has 0 amide bonds. The summed E-state index contributed by atoms with van der Waals surface area (Å²) in [5.74, 6) is 1.14. The van der Waals surface area contributed by atoms with Gasteiger partial charge in [-0.3, -0.25) is 0 Å². The summed E-state index contributed by atoms with van der Waals surface area (Å²) in [6, 6.07) is 5.22. The van der Waals surface area contributed by atoms with E-state index in [1.54, 1.807) is 25.1 Å². The van der Waals surface area contributed by atoms with Crippen molar-refractivity contribution in [2.75, 3.05) is 6.61 Å². The zero-order chi connectivity index (χ0) is 14.4. The van der Waals surface area contributed by atoms with Crippen LogP contribution in [0.15, 0.2) is 28.0 Å². The van der Waals surface area contributed by atoms with Crippen molar-refractivity contribution < 1.29 is 19.3 Å². The smallest absolute Gasteiger partial charge is 0.161 e. The fraction of sp³-hybridized carbons (Fsp3) is 0.308. The van der Waals surface area contributed by atoms with Crippen molar-refractivity contribution in [1.82, 2.24) is 10.3 Å². The summed E-state index contributed by atoms with van der Waals surface area (Å²) in [6.45, 7) is 4.41. The Morgan fingerprint density at radius 3 is 2.80 bits per heavy atom. The summed E-state index contributed by atoms with van der Waals surface area (Å²) in [5.41, 5.74) is 2.03. The summed E-state index contributed by atoms with van der Waals surface area (Å²) in [4.78, 5) is 0. The number of hydrogen-bond donors (Lipinski definition) is 1. The van der Waals surface area contributed by atoms with E-state index < -0.39 is 0 Å². The zero-order valence-corrected chi connectivity index (χ0v) is 11.2. The minimum atomic E-state index is 0.239. The first kappa shape index (κ1) is 13.9. The SMILES string of the molecule is CCOc1cc(/C=N/O)ccc1OCc1nonc1C. The molecule has 0 saturated heterocycles. The maximum absolute atomic E-state index is 8.54. The number of hydrogen-bond acceptors (Lipinski definition) is 7. The molecule has 106 valence electrons. The molecule has 1 heterocycles. The van der Waals surface area contributed by atoms with Crippen molar-refractivity contribution in [3.8, 4) is 11.5 Å². The Kier molecular flexibility index (Phi) is 4.54. The van der Waals surface area contributed by atoms with Crippen LogP contribution in [0.2, 0.25) is 0 Å². The molecule has 7 heteroatoms. The predicted octanol–water partition coefficient (Wildman–Crippen LogP) is 2.16. The number of ether oxygens (including phenoxy) is 2. The number of nitrogens with zero attached hydrogens (tertiary/aromatic N) is 3. The number of aromatic nitrogens is 2. The van der Waals surface area contributed by atoms with Gasteiger partial charge in [0.2, 0.25) is 0 Å². The van der Waals surface area contributed by atoms with Gasteiger partial charge in [0.25, 0.3) is 0 Å². The number of benzene rings is 1. The second-order valence-electron chi connectivity index (χ2n) is 3.97. The summed E-state index contributed by atoms with van der Waals surface area (Å²) in [7, 11) is 0. The molecule has 0 aliphatic carbocycles. The largest absolute Gasteiger partial charge is 0.490 e. The molecule has 0 aliphatic heterocycles. The van der Waals surface area contributed by atoms with Crippen molar-refractivity contribution in [3.05, 3.63) is 35.2 Å². The second-order valence-corrected chi connectivity index (χ2v) is 3.97. The highest BCUT2D eigenvalue weighted by molar-refractivity contribution is 5.80. The second kappa shape index (κ2) is 6.55. The van der Waals surface area contributed by atoms with Crippen molar-refractivity contribution in [2.45, 2.75) is 20.5 Å². The molecule has 20 heavy (non-hydrogen) atoms. The van der Waals surface area contributed by atoms with Crippen molar-refractivity contribution >= 4 is 6.21 Å². The van der Waals surface area contributed by atoms with E-state index in [9.17, 15) is 0 Å². The lowest BCUT2D eigenvalue weighted by molar-refractivity contribution is 0.253. The standard InChI is InChI=1S/C13H15N3O4/c1-3-18-13-6-10(7-14-17)4-5-12(13)19-8-11-9(2)15-20-16-11/h4-7,17H,3,8H2,1-2H3/b14-7+. The van der Waals surface area contributed by atoms with Crippen LogP contribution in [0.4, 0.5) is 0 Å². The molecule has 0 saturated carbocycles. The van der Waals surface area contributed by atoms with Gasteiger partial charge in [0.15, 0.2) is 11.5 Å². The Morgan fingerprint density at radius 2 is 2.15 bits per heavy atom. The molecule has 2 aromatic rings. The molecule has 0 bridgehead atoms.